The summed E-state index contributed by atoms with van der Waals surface area (Å²) in [6.45, 7) is 4.50. The number of carboxylic acid groups (broad SMARTS) is 1. The molecule has 0 radical (unpaired) electrons. The summed E-state index contributed by atoms with van der Waals surface area (Å²) in [5, 5.41) is 11.6. The van der Waals surface area contributed by atoms with Crippen LogP contribution in [0.1, 0.15) is 162 Å². The highest BCUT2D eigenvalue weighted by Gasteiger charge is 2.25. The van der Waals surface area contributed by atoms with Gasteiger partial charge in [0.25, 0.3) is 0 Å². The van der Waals surface area contributed by atoms with E-state index in [0.29, 0.717) is 12.8 Å². The molecule has 0 fully saturated rings. The molecule has 0 bridgehead atoms. The highest BCUT2D eigenvalue weighted by atomic mass is 16.6. The second-order valence-electron chi connectivity index (χ2n) is 14.8. The Balaban J connectivity index is 4.43. The van der Waals surface area contributed by atoms with Crippen molar-refractivity contribution < 1.29 is 38.2 Å². The topological polar surface area (TPSA) is 102 Å². The third-order valence-electron chi connectivity index (χ3n) is 8.98. The highest BCUT2D eigenvalue weighted by Crippen LogP contribution is 2.13. The van der Waals surface area contributed by atoms with Gasteiger partial charge in [0.05, 0.1) is 40.3 Å². The highest BCUT2D eigenvalue weighted by molar-refractivity contribution is 5.70. The van der Waals surface area contributed by atoms with Gasteiger partial charge in [-0.15, -0.1) is 0 Å². The van der Waals surface area contributed by atoms with Gasteiger partial charge >= 0.3 is 11.9 Å². The quantitative estimate of drug-likeness (QED) is 0.0274. The van der Waals surface area contributed by atoms with Crippen LogP contribution in [0.25, 0.3) is 0 Å². The molecule has 0 aromatic heterocycles. The Morgan fingerprint density at radius 3 is 1.60 bits per heavy atom. The van der Waals surface area contributed by atoms with Crippen LogP contribution < -0.4 is 5.11 Å². The number of carbonyl (C=O) groups is 3. The van der Waals surface area contributed by atoms with E-state index in [-0.39, 0.29) is 42.7 Å². The Labute approximate surface area is 318 Å². The maximum Gasteiger partial charge on any atom is 0.306 e. The fraction of sp³-hybridized carbons (Fsp3) is 0.750. The summed E-state index contributed by atoms with van der Waals surface area (Å²) >= 11 is 0. The van der Waals surface area contributed by atoms with Crippen LogP contribution in [0.15, 0.2) is 48.6 Å². The number of carboxylic acids is 1. The lowest BCUT2D eigenvalue weighted by Crippen LogP contribution is -2.55. The van der Waals surface area contributed by atoms with Gasteiger partial charge in [-0.05, 0) is 51.4 Å². The standard InChI is InChI=1S/C44H77NO7/c1-6-8-10-12-14-16-18-19-20-21-22-23-25-27-29-31-33-35-43(47)52-40(38-50-37-36-41(44(48)49)45(3,4)5)39-51-42(46)34-32-30-28-26-24-17-15-13-11-9-7-2/h8,10,14,16,19-20,22-23,40-41H,6-7,9,11-13,15,17-18,21,24-39H2,1-5H3/b10-8-,16-14-,20-19-,23-22-. The van der Waals surface area contributed by atoms with Crippen molar-refractivity contribution >= 4 is 17.9 Å². The molecule has 2 atom stereocenters. The minimum atomic E-state index is -1.13. The van der Waals surface area contributed by atoms with Crippen LogP contribution in [0.5, 0.6) is 0 Å². The summed E-state index contributed by atoms with van der Waals surface area (Å²) in [4.78, 5) is 36.7. The zero-order valence-electron chi connectivity index (χ0n) is 34.0. The molecule has 0 N–H and O–H groups in total. The van der Waals surface area contributed by atoms with Crippen LogP contribution in [-0.2, 0) is 28.6 Å². The number of ether oxygens (including phenoxy) is 3. The molecule has 52 heavy (non-hydrogen) atoms. The summed E-state index contributed by atoms with van der Waals surface area (Å²) in [5.41, 5.74) is 0. The lowest BCUT2D eigenvalue weighted by atomic mass is 10.1. The van der Waals surface area contributed by atoms with E-state index < -0.39 is 18.1 Å². The van der Waals surface area contributed by atoms with Crippen molar-refractivity contribution in [2.24, 2.45) is 0 Å². The van der Waals surface area contributed by atoms with Gasteiger partial charge in [0, 0.05) is 19.3 Å². The molecular weight excluding hydrogens is 654 g/mol. The van der Waals surface area contributed by atoms with Crippen molar-refractivity contribution in [1.29, 1.82) is 0 Å². The number of hydrogen-bond acceptors (Lipinski definition) is 7. The zero-order chi connectivity index (χ0) is 38.5. The van der Waals surface area contributed by atoms with E-state index in [1.165, 1.54) is 51.4 Å². The first-order valence-corrected chi connectivity index (χ1v) is 20.7. The smallest absolute Gasteiger partial charge is 0.306 e. The van der Waals surface area contributed by atoms with Gasteiger partial charge in [-0.3, -0.25) is 9.59 Å². The molecule has 0 spiro atoms. The van der Waals surface area contributed by atoms with E-state index in [9.17, 15) is 19.5 Å². The van der Waals surface area contributed by atoms with Crippen LogP contribution in [0.3, 0.4) is 0 Å². The number of unbranched alkanes of at least 4 members (excludes halogenated alkanes) is 14. The Hall–Kier alpha value is -2.71. The van der Waals surface area contributed by atoms with Gasteiger partial charge in [0.2, 0.25) is 0 Å². The molecule has 8 heteroatoms. The minimum absolute atomic E-state index is 0.0310. The van der Waals surface area contributed by atoms with Crippen molar-refractivity contribution in [2.75, 3.05) is 41.0 Å². The van der Waals surface area contributed by atoms with Crippen LogP contribution >= 0.6 is 0 Å². The first-order valence-electron chi connectivity index (χ1n) is 20.7. The average molecular weight is 732 g/mol. The molecule has 300 valence electrons. The Kier molecular flexibility index (Phi) is 33.5. The predicted octanol–water partition coefficient (Wildman–Crippen LogP) is 9.52. The number of allylic oxidation sites excluding steroid dienone is 8. The molecule has 2 unspecified atom stereocenters. The van der Waals surface area contributed by atoms with E-state index in [1.54, 1.807) is 21.1 Å². The molecule has 0 amide bonds. The second-order valence-corrected chi connectivity index (χ2v) is 14.8. The maximum atomic E-state index is 12.7. The van der Waals surface area contributed by atoms with E-state index in [1.807, 2.05) is 0 Å². The van der Waals surface area contributed by atoms with Gasteiger partial charge in [-0.1, -0.05) is 140 Å². The first kappa shape index (κ1) is 49.3. The molecule has 0 saturated carbocycles. The summed E-state index contributed by atoms with van der Waals surface area (Å²) in [5.74, 6) is -1.77. The molecule has 0 aliphatic heterocycles. The van der Waals surface area contributed by atoms with E-state index in [0.717, 1.165) is 77.0 Å². The lowest BCUT2D eigenvalue weighted by Gasteiger charge is -2.34. The number of likely N-dealkylation sites (N-methyl/N-ethyl adjacent to an activating group) is 1. The minimum Gasteiger partial charge on any atom is -0.544 e. The lowest BCUT2D eigenvalue weighted by molar-refractivity contribution is -0.889. The Bertz CT molecular complexity index is 995. The summed E-state index contributed by atoms with van der Waals surface area (Å²) in [6.07, 6.45) is 39.9. The molecule has 0 aliphatic rings. The van der Waals surface area contributed by atoms with E-state index in [2.05, 4.69) is 62.5 Å². The molecule has 0 aromatic rings. The molecule has 8 nitrogen and oxygen atoms in total. The van der Waals surface area contributed by atoms with Crippen molar-refractivity contribution in [3.05, 3.63) is 48.6 Å². The molecule has 0 heterocycles. The average Bonchev–Trinajstić information content (AvgIpc) is 3.09. The predicted molar refractivity (Wildman–Crippen MR) is 213 cm³/mol. The van der Waals surface area contributed by atoms with Crippen molar-refractivity contribution in [2.45, 2.75) is 174 Å². The van der Waals surface area contributed by atoms with Crippen LogP contribution in [0, 0.1) is 0 Å². The fourth-order valence-electron chi connectivity index (χ4n) is 5.77. The number of hydrogen-bond donors (Lipinski definition) is 0. The molecule has 0 aromatic carbocycles. The third-order valence-corrected chi connectivity index (χ3v) is 8.98. The van der Waals surface area contributed by atoms with Crippen molar-refractivity contribution in [1.82, 2.24) is 0 Å². The number of carbonyl (C=O) groups excluding carboxylic acids is 3. The normalized spacial score (nSPS) is 13.5. The first-order chi connectivity index (χ1) is 25.1. The SMILES string of the molecule is CC/C=C\C/C=C\C/C=C\C/C=C\CCCCCCC(=O)OC(COCCC(C(=O)[O-])[N+](C)(C)C)COC(=O)CCCCCCCCCCCCC. The molecule has 0 aliphatic carbocycles. The number of nitrogens with zero attached hydrogens (tertiary/aromatic N) is 1. The Morgan fingerprint density at radius 1 is 0.596 bits per heavy atom. The van der Waals surface area contributed by atoms with Crippen LogP contribution in [0.2, 0.25) is 0 Å². The van der Waals surface area contributed by atoms with Gasteiger partial charge in [-0.25, -0.2) is 0 Å². The van der Waals surface area contributed by atoms with Crippen molar-refractivity contribution in [3.63, 3.8) is 0 Å². The number of aliphatic carboxylic acids is 1. The maximum absolute atomic E-state index is 12.7. The van der Waals surface area contributed by atoms with E-state index >= 15 is 0 Å². The second kappa shape index (κ2) is 35.3. The van der Waals surface area contributed by atoms with E-state index in [4.69, 9.17) is 14.2 Å². The molecular formula is C44H77NO7. The van der Waals surface area contributed by atoms with Gasteiger partial charge < -0.3 is 28.6 Å². The Morgan fingerprint density at radius 2 is 1.08 bits per heavy atom. The molecule has 0 saturated heterocycles. The largest absolute Gasteiger partial charge is 0.544 e. The van der Waals surface area contributed by atoms with Gasteiger partial charge in [0.15, 0.2) is 6.10 Å². The van der Waals surface area contributed by atoms with Gasteiger partial charge in [-0.2, -0.15) is 0 Å². The number of quaternary nitrogens is 1. The van der Waals surface area contributed by atoms with Crippen LogP contribution in [0.4, 0.5) is 0 Å². The number of rotatable bonds is 36. The molecule has 0 rings (SSSR count). The summed E-state index contributed by atoms with van der Waals surface area (Å²) in [7, 11) is 5.39. The fourth-order valence-corrected chi connectivity index (χ4v) is 5.77. The monoisotopic (exact) mass is 732 g/mol. The van der Waals surface area contributed by atoms with Crippen LogP contribution in [-0.4, -0.2) is 75.5 Å². The summed E-state index contributed by atoms with van der Waals surface area (Å²) < 4.78 is 17.1. The number of esters is 2. The van der Waals surface area contributed by atoms with Crippen molar-refractivity contribution in [3.8, 4) is 0 Å². The summed E-state index contributed by atoms with van der Waals surface area (Å²) in [6, 6.07) is -0.729. The zero-order valence-corrected chi connectivity index (χ0v) is 34.0. The van der Waals surface area contributed by atoms with Gasteiger partial charge in [0.1, 0.15) is 12.6 Å². The third kappa shape index (κ3) is 33.1.